The third kappa shape index (κ3) is 2.37. The fraction of sp³-hybridized carbons (Fsp3) is 0.529. The Kier molecular flexibility index (Phi) is 3.49. The van der Waals surface area contributed by atoms with E-state index in [1.165, 1.54) is 0 Å². The van der Waals surface area contributed by atoms with E-state index < -0.39 is 0 Å². The molecule has 2 amide bonds. The number of amides is 2. The summed E-state index contributed by atoms with van der Waals surface area (Å²) in [5.41, 5.74) is 8.21. The van der Waals surface area contributed by atoms with Crippen molar-refractivity contribution in [2.24, 2.45) is 10.7 Å². The molecule has 0 radical (unpaired) electrons. The number of nitrogens with two attached hydrogens (primary N) is 1. The van der Waals surface area contributed by atoms with Gasteiger partial charge in [-0.05, 0) is 44.0 Å². The molecule has 0 unspecified atom stereocenters. The maximum absolute atomic E-state index is 12.5. The van der Waals surface area contributed by atoms with Crippen molar-refractivity contribution in [1.29, 1.82) is 0 Å². The maximum Gasteiger partial charge on any atom is 0.324 e. The average Bonchev–Trinajstić information content (AvgIpc) is 3.09. The fourth-order valence-electron chi connectivity index (χ4n) is 3.83. The second kappa shape index (κ2) is 5.53. The van der Waals surface area contributed by atoms with E-state index in [1.807, 2.05) is 28.9 Å². The molecule has 0 aromatic heterocycles. The van der Waals surface area contributed by atoms with Crippen molar-refractivity contribution >= 4 is 23.2 Å². The van der Waals surface area contributed by atoms with Gasteiger partial charge in [0, 0.05) is 43.6 Å². The van der Waals surface area contributed by atoms with Crippen LogP contribution in [-0.4, -0.2) is 55.0 Å². The molecular weight excluding hydrogens is 290 g/mol. The van der Waals surface area contributed by atoms with E-state index >= 15 is 0 Å². The van der Waals surface area contributed by atoms with Crippen molar-refractivity contribution in [2.45, 2.75) is 31.8 Å². The monoisotopic (exact) mass is 313 g/mol. The standard InChI is InChI=1S/C17H23N5O/c1-12-19-8-2-9-20(12)13-3-5-14(6-4-13)22-11-16-15(18)7-10-21(16)17(22)23/h3-6,15-16H,2,7-11,18H2,1H3/t15-,16-/m1/s1. The van der Waals surface area contributed by atoms with E-state index in [9.17, 15) is 4.79 Å². The first kappa shape index (κ1) is 14.5. The molecule has 122 valence electrons. The van der Waals surface area contributed by atoms with Crippen molar-refractivity contribution in [3.63, 3.8) is 0 Å². The van der Waals surface area contributed by atoms with Crippen LogP contribution in [0.3, 0.4) is 0 Å². The van der Waals surface area contributed by atoms with Gasteiger partial charge in [-0.3, -0.25) is 9.89 Å². The number of hydrogen-bond acceptors (Lipinski definition) is 4. The van der Waals surface area contributed by atoms with Gasteiger partial charge in [-0.2, -0.15) is 0 Å². The Balaban J connectivity index is 1.54. The number of carbonyl (C=O) groups excluding carboxylic acids is 1. The van der Waals surface area contributed by atoms with Gasteiger partial charge in [0.1, 0.15) is 5.84 Å². The van der Waals surface area contributed by atoms with E-state index in [0.29, 0.717) is 6.54 Å². The van der Waals surface area contributed by atoms with E-state index in [1.54, 1.807) is 0 Å². The molecule has 0 spiro atoms. The van der Waals surface area contributed by atoms with Gasteiger partial charge >= 0.3 is 6.03 Å². The molecule has 6 heteroatoms. The molecule has 1 aromatic carbocycles. The molecule has 0 aliphatic carbocycles. The van der Waals surface area contributed by atoms with Crippen molar-refractivity contribution in [2.75, 3.05) is 36.0 Å². The summed E-state index contributed by atoms with van der Waals surface area (Å²) in [4.78, 5) is 23.0. The number of carbonyl (C=O) groups is 1. The SMILES string of the molecule is CC1=NCCCN1c1ccc(N2C[C@@H]3[C@H](N)CCN3C2=O)cc1. The average molecular weight is 313 g/mol. The molecule has 0 saturated carbocycles. The third-order valence-corrected chi connectivity index (χ3v) is 5.19. The van der Waals surface area contributed by atoms with Crippen molar-refractivity contribution in [1.82, 2.24) is 4.90 Å². The predicted molar refractivity (Wildman–Crippen MR) is 92.2 cm³/mol. The summed E-state index contributed by atoms with van der Waals surface area (Å²) < 4.78 is 0. The summed E-state index contributed by atoms with van der Waals surface area (Å²) in [5.74, 6) is 1.06. The van der Waals surface area contributed by atoms with Crippen LogP contribution in [0.2, 0.25) is 0 Å². The highest BCUT2D eigenvalue weighted by atomic mass is 16.2. The van der Waals surface area contributed by atoms with Crippen LogP contribution >= 0.6 is 0 Å². The second-order valence-electron chi connectivity index (χ2n) is 6.56. The molecule has 23 heavy (non-hydrogen) atoms. The highest BCUT2D eigenvalue weighted by Gasteiger charge is 2.44. The van der Waals surface area contributed by atoms with Gasteiger partial charge in [0.05, 0.1) is 6.04 Å². The fourth-order valence-corrected chi connectivity index (χ4v) is 3.83. The summed E-state index contributed by atoms with van der Waals surface area (Å²) in [6, 6.07) is 8.58. The number of benzene rings is 1. The van der Waals surface area contributed by atoms with Gasteiger partial charge in [-0.15, -0.1) is 0 Å². The molecule has 3 aliphatic heterocycles. The predicted octanol–water partition coefficient (Wildman–Crippen LogP) is 1.66. The van der Waals surface area contributed by atoms with Crippen LogP contribution < -0.4 is 15.5 Å². The van der Waals surface area contributed by atoms with Crippen LogP contribution in [0.15, 0.2) is 29.3 Å². The lowest BCUT2D eigenvalue weighted by molar-refractivity contribution is 0.218. The number of amidine groups is 1. The molecule has 2 N–H and O–H groups in total. The Morgan fingerprint density at radius 1 is 1.13 bits per heavy atom. The maximum atomic E-state index is 12.5. The molecule has 2 fully saturated rings. The number of nitrogens with zero attached hydrogens (tertiary/aromatic N) is 4. The van der Waals surface area contributed by atoms with E-state index in [0.717, 1.165) is 49.7 Å². The lowest BCUT2D eigenvalue weighted by Gasteiger charge is -2.28. The van der Waals surface area contributed by atoms with Gasteiger partial charge in [0.25, 0.3) is 0 Å². The zero-order valence-corrected chi connectivity index (χ0v) is 13.5. The zero-order valence-electron chi connectivity index (χ0n) is 13.5. The Hall–Kier alpha value is -2.08. The number of anilines is 2. The van der Waals surface area contributed by atoms with Crippen LogP contribution in [0.25, 0.3) is 0 Å². The summed E-state index contributed by atoms with van der Waals surface area (Å²) in [5, 5.41) is 0. The molecule has 1 aromatic rings. The van der Waals surface area contributed by atoms with Crippen LogP contribution in [-0.2, 0) is 0 Å². The Morgan fingerprint density at radius 2 is 1.83 bits per heavy atom. The van der Waals surface area contributed by atoms with E-state index in [2.05, 4.69) is 22.0 Å². The Morgan fingerprint density at radius 3 is 2.48 bits per heavy atom. The molecule has 6 nitrogen and oxygen atoms in total. The summed E-state index contributed by atoms with van der Waals surface area (Å²) in [6.07, 6.45) is 2.00. The normalized spacial score (nSPS) is 27.5. The van der Waals surface area contributed by atoms with E-state index in [4.69, 9.17) is 5.73 Å². The highest BCUT2D eigenvalue weighted by Crippen LogP contribution is 2.31. The van der Waals surface area contributed by atoms with Gasteiger partial charge in [0.2, 0.25) is 0 Å². The third-order valence-electron chi connectivity index (χ3n) is 5.19. The molecular formula is C17H23N5O. The number of rotatable bonds is 2. The van der Waals surface area contributed by atoms with Crippen LogP contribution in [0.4, 0.5) is 16.2 Å². The molecule has 0 bridgehead atoms. The topological polar surface area (TPSA) is 65.2 Å². The number of aliphatic imine (C=N–C) groups is 1. The molecule has 3 aliphatic rings. The first-order valence-electron chi connectivity index (χ1n) is 8.37. The molecule has 2 atom stereocenters. The Labute approximate surface area is 136 Å². The number of hydrogen-bond donors (Lipinski definition) is 1. The summed E-state index contributed by atoms with van der Waals surface area (Å²) >= 11 is 0. The minimum absolute atomic E-state index is 0.0893. The molecule has 4 rings (SSSR count). The van der Waals surface area contributed by atoms with Crippen LogP contribution in [0.1, 0.15) is 19.8 Å². The number of urea groups is 1. The summed E-state index contributed by atoms with van der Waals surface area (Å²) in [7, 11) is 0. The molecule has 2 saturated heterocycles. The van der Waals surface area contributed by atoms with Gasteiger partial charge in [-0.1, -0.05) is 0 Å². The second-order valence-corrected chi connectivity index (χ2v) is 6.56. The minimum atomic E-state index is 0.0893. The smallest absolute Gasteiger partial charge is 0.324 e. The van der Waals surface area contributed by atoms with Crippen molar-refractivity contribution < 1.29 is 4.79 Å². The molecule has 3 heterocycles. The first-order chi connectivity index (χ1) is 11.1. The van der Waals surface area contributed by atoms with Crippen molar-refractivity contribution in [3.8, 4) is 0 Å². The summed E-state index contributed by atoms with van der Waals surface area (Å²) in [6.45, 7) is 5.45. The van der Waals surface area contributed by atoms with Gasteiger partial charge in [0.15, 0.2) is 0 Å². The van der Waals surface area contributed by atoms with Crippen molar-refractivity contribution in [3.05, 3.63) is 24.3 Å². The lowest BCUT2D eigenvalue weighted by atomic mass is 10.1. The van der Waals surface area contributed by atoms with Gasteiger partial charge in [-0.25, -0.2) is 4.79 Å². The van der Waals surface area contributed by atoms with Gasteiger partial charge < -0.3 is 15.5 Å². The largest absolute Gasteiger partial charge is 0.330 e. The van der Waals surface area contributed by atoms with Crippen LogP contribution in [0, 0.1) is 0 Å². The van der Waals surface area contributed by atoms with Crippen LogP contribution in [0.5, 0.6) is 0 Å². The lowest BCUT2D eigenvalue weighted by Crippen LogP contribution is -2.37. The minimum Gasteiger partial charge on any atom is -0.330 e. The number of fused-ring (bicyclic) bond motifs is 1. The van der Waals surface area contributed by atoms with E-state index in [-0.39, 0.29) is 18.1 Å². The zero-order chi connectivity index (χ0) is 16.0. The first-order valence-corrected chi connectivity index (χ1v) is 8.37. The Bertz CT molecular complexity index is 641. The quantitative estimate of drug-likeness (QED) is 0.903. The highest BCUT2D eigenvalue weighted by molar-refractivity contribution is 5.98.